The van der Waals surface area contributed by atoms with Crippen molar-refractivity contribution < 1.29 is 19.4 Å². The number of nitrogens with one attached hydrogen (secondary N) is 1. The Morgan fingerprint density at radius 3 is 2.55 bits per heavy atom. The second kappa shape index (κ2) is 12.7. The molecule has 0 heterocycles. The van der Waals surface area contributed by atoms with Crippen LogP contribution < -0.4 is 14.8 Å². The summed E-state index contributed by atoms with van der Waals surface area (Å²) in [6.07, 6.45) is 5.91. The van der Waals surface area contributed by atoms with Crippen LogP contribution in [0.2, 0.25) is 0 Å². The highest BCUT2D eigenvalue weighted by Gasteiger charge is 2.14. The van der Waals surface area contributed by atoms with Gasteiger partial charge in [-0.05, 0) is 77.3 Å². The molecule has 7 heteroatoms. The van der Waals surface area contributed by atoms with Gasteiger partial charge in [0.1, 0.15) is 17.4 Å². The zero-order chi connectivity index (χ0) is 22.6. The van der Waals surface area contributed by atoms with E-state index in [4.69, 9.17) is 9.47 Å². The molecule has 0 spiro atoms. The number of ether oxygens (including phenoxy) is 2. The molecule has 164 valence electrons. The van der Waals surface area contributed by atoms with Gasteiger partial charge in [-0.25, -0.2) is 0 Å². The molecule has 0 aromatic heterocycles. The average Bonchev–Trinajstić information content (AvgIpc) is 2.75. The largest absolute Gasteiger partial charge is 0.508 e. The fraction of sp³-hybridized carbons (Fsp3) is 0.333. The molecule has 2 aromatic carbocycles. The zero-order valence-corrected chi connectivity index (χ0v) is 19.4. The van der Waals surface area contributed by atoms with E-state index in [9.17, 15) is 15.2 Å². The summed E-state index contributed by atoms with van der Waals surface area (Å²) in [7, 11) is 0. The Bertz CT molecular complexity index is 949. The first-order chi connectivity index (χ1) is 15.0. The number of amides is 1. The van der Waals surface area contributed by atoms with E-state index in [1.54, 1.807) is 24.3 Å². The van der Waals surface area contributed by atoms with E-state index in [0.29, 0.717) is 40.4 Å². The third kappa shape index (κ3) is 7.65. The lowest BCUT2D eigenvalue weighted by molar-refractivity contribution is -0.112. The van der Waals surface area contributed by atoms with Crippen molar-refractivity contribution in [3.8, 4) is 23.3 Å². The smallest absolute Gasteiger partial charge is 0.266 e. The highest BCUT2D eigenvalue weighted by molar-refractivity contribution is 9.10. The molecule has 2 rings (SSSR count). The Hall–Kier alpha value is -2.98. The summed E-state index contributed by atoms with van der Waals surface area (Å²) < 4.78 is 12.4. The number of phenolic OH excluding ortho intramolecular Hbond substituents is 1. The molecule has 1 amide bonds. The van der Waals surface area contributed by atoms with Gasteiger partial charge in [0.05, 0.1) is 17.7 Å². The third-order valence-electron chi connectivity index (χ3n) is 4.38. The molecule has 0 unspecified atom stereocenters. The van der Waals surface area contributed by atoms with Crippen molar-refractivity contribution in [1.82, 2.24) is 0 Å². The highest BCUT2D eigenvalue weighted by atomic mass is 79.9. The Balaban J connectivity index is 2.20. The molecule has 0 aliphatic rings. The van der Waals surface area contributed by atoms with Crippen LogP contribution in [0.1, 0.15) is 45.1 Å². The molecule has 0 bridgehead atoms. The number of hydrogen-bond donors (Lipinski definition) is 2. The maximum atomic E-state index is 12.5. The van der Waals surface area contributed by atoms with Crippen LogP contribution in [0.25, 0.3) is 6.08 Å². The van der Waals surface area contributed by atoms with Crippen LogP contribution in [0.5, 0.6) is 17.2 Å². The number of hydrogen-bond acceptors (Lipinski definition) is 5. The fourth-order valence-electron chi connectivity index (χ4n) is 2.84. The van der Waals surface area contributed by atoms with Crippen LogP contribution >= 0.6 is 15.9 Å². The van der Waals surface area contributed by atoms with Gasteiger partial charge in [0.15, 0.2) is 11.5 Å². The third-order valence-corrected chi connectivity index (χ3v) is 4.97. The summed E-state index contributed by atoms with van der Waals surface area (Å²) in [5, 5.41) is 21.5. The predicted molar refractivity (Wildman–Crippen MR) is 125 cm³/mol. The van der Waals surface area contributed by atoms with Crippen molar-refractivity contribution in [3.05, 3.63) is 52.0 Å². The molecule has 31 heavy (non-hydrogen) atoms. The Morgan fingerprint density at radius 1 is 1.16 bits per heavy atom. The van der Waals surface area contributed by atoms with Gasteiger partial charge in [0.25, 0.3) is 5.91 Å². The van der Waals surface area contributed by atoms with Crippen molar-refractivity contribution in [3.63, 3.8) is 0 Å². The molecule has 0 saturated carbocycles. The van der Waals surface area contributed by atoms with Crippen LogP contribution in [-0.4, -0.2) is 24.2 Å². The molecule has 0 fully saturated rings. The topological polar surface area (TPSA) is 91.6 Å². The van der Waals surface area contributed by atoms with Gasteiger partial charge in [-0.15, -0.1) is 0 Å². The number of unbranched alkanes of at least 4 members (excludes halogenated alkanes) is 3. The Kier molecular flexibility index (Phi) is 9.92. The van der Waals surface area contributed by atoms with E-state index in [1.165, 1.54) is 24.6 Å². The molecular formula is C24H27BrN2O4. The molecule has 2 aromatic rings. The van der Waals surface area contributed by atoms with Crippen LogP contribution in [0.15, 0.2) is 46.4 Å². The summed E-state index contributed by atoms with van der Waals surface area (Å²) in [5.74, 6) is 0.714. The number of carbonyl (C=O) groups excluding carboxylic acids is 1. The molecule has 0 aliphatic heterocycles. The molecular weight excluding hydrogens is 460 g/mol. The Morgan fingerprint density at radius 2 is 1.90 bits per heavy atom. The number of nitrogens with zero attached hydrogens (tertiary/aromatic N) is 1. The van der Waals surface area contributed by atoms with E-state index in [2.05, 4.69) is 28.2 Å². The number of aromatic hydroxyl groups is 1. The number of rotatable bonds is 11. The molecule has 0 radical (unpaired) electrons. The first-order valence-electron chi connectivity index (χ1n) is 10.3. The van der Waals surface area contributed by atoms with E-state index in [0.717, 1.165) is 19.3 Å². The van der Waals surface area contributed by atoms with Crippen molar-refractivity contribution >= 4 is 33.6 Å². The summed E-state index contributed by atoms with van der Waals surface area (Å²) in [4.78, 5) is 12.5. The molecule has 6 nitrogen and oxygen atoms in total. The standard InChI is InChI=1S/C24H27BrN2O4/c1-3-5-6-7-12-31-23-21(25)14-17(15-22(23)30-4-2)13-18(16-26)24(29)27-19-8-10-20(28)11-9-19/h8-11,13-15,28H,3-7,12H2,1-2H3,(H,27,29). The first kappa shape index (κ1) is 24.3. The maximum Gasteiger partial charge on any atom is 0.266 e. The van der Waals surface area contributed by atoms with Crippen molar-refractivity contribution in [2.75, 3.05) is 18.5 Å². The second-order valence-electron chi connectivity index (χ2n) is 6.84. The van der Waals surface area contributed by atoms with Gasteiger partial charge in [0, 0.05) is 5.69 Å². The number of nitriles is 1. The SMILES string of the molecule is CCCCCCOc1c(Br)cc(C=C(C#N)C(=O)Nc2ccc(O)cc2)cc1OCC. The lowest BCUT2D eigenvalue weighted by atomic mass is 10.1. The predicted octanol–water partition coefficient (Wildman–Crippen LogP) is 6.06. The number of anilines is 1. The van der Waals surface area contributed by atoms with Gasteiger partial charge < -0.3 is 19.9 Å². The highest BCUT2D eigenvalue weighted by Crippen LogP contribution is 2.37. The summed E-state index contributed by atoms with van der Waals surface area (Å²) >= 11 is 3.52. The summed E-state index contributed by atoms with van der Waals surface area (Å²) in [6.45, 7) is 5.09. The number of phenols is 1. The van der Waals surface area contributed by atoms with Crippen LogP contribution in [0.4, 0.5) is 5.69 Å². The minimum Gasteiger partial charge on any atom is -0.508 e. The van der Waals surface area contributed by atoms with Crippen LogP contribution in [-0.2, 0) is 4.79 Å². The minimum atomic E-state index is -0.543. The average molecular weight is 487 g/mol. The van der Waals surface area contributed by atoms with E-state index in [1.807, 2.05) is 13.0 Å². The number of halogens is 1. The van der Waals surface area contributed by atoms with Crippen molar-refractivity contribution in [1.29, 1.82) is 5.26 Å². The molecule has 0 saturated heterocycles. The lowest BCUT2D eigenvalue weighted by Crippen LogP contribution is -2.13. The molecule has 0 aliphatic carbocycles. The number of benzene rings is 2. The van der Waals surface area contributed by atoms with Gasteiger partial charge >= 0.3 is 0 Å². The van der Waals surface area contributed by atoms with Crippen molar-refractivity contribution in [2.45, 2.75) is 39.5 Å². The van der Waals surface area contributed by atoms with Crippen LogP contribution in [0.3, 0.4) is 0 Å². The van der Waals surface area contributed by atoms with Gasteiger partial charge in [-0.3, -0.25) is 4.79 Å². The maximum absolute atomic E-state index is 12.5. The van der Waals surface area contributed by atoms with Crippen molar-refractivity contribution in [2.24, 2.45) is 0 Å². The Labute approximate surface area is 191 Å². The van der Waals surface area contributed by atoms with Crippen LogP contribution in [0, 0.1) is 11.3 Å². The van der Waals surface area contributed by atoms with Gasteiger partial charge in [-0.2, -0.15) is 5.26 Å². The minimum absolute atomic E-state index is 0.0596. The molecule has 0 atom stereocenters. The van der Waals surface area contributed by atoms with Gasteiger partial charge in [-0.1, -0.05) is 26.2 Å². The number of carbonyl (C=O) groups is 1. The van der Waals surface area contributed by atoms with Gasteiger partial charge in [0.2, 0.25) is 0 Å². The lowest BCUT2D eigenvalue weighted by Gasteiger charge is -2.15. The second-order valence-corrected chi connectivity index (χ2v) is 7.70. The normalized spacial score (nSPS) is 11.0. The first-order valence-corrected chi connectivity index (χ1v) is 11.1. The quantitative estimate of drug-likeness (QED) is 0.174. The zero-order valence-electron chi connectivity index (χ0n) is 17.8. The van der Waals surface area contributed by atoms with E-state index < -0.39 is 5.91 Å². The molecule has 2 N–H and O–H groups in total. The van der Waals surface area contributed by atoms with E-state index in [-0.39, 0.29) is 11.3 Å². The summed E-state index contributed by atoms with van der Waals surface area (Å²) in [5.41, 5.74) is 1.05. The summed E-state index contributed by atoms with van der Waals surface area (Å²) in [6, 6.07) is 11.5. The monoisotopic (exact) mass is 486 g/mol. The van der Waals surface area contributed by atoms with E-state index >= 15 is 0 Å². The fourth-order valence-corrected chi connectivity index (χ4v) is 3.41.